The molecule has 10 aromatic carbocycles. The van der Waals surface area contributed by atoms with Crippen LogP contribution in [0.25, 0.3) is 75.5 Å². The molecule has 0 amide bonds. The third kappa shape index (κ3) is 5.51. The molecule has 64 heavy (non-hydrogen) atoms. The highest BCUT2D eigenvalue weighted by Gasteiger charge is 2.45. The zero-order valence-electron chi connectivity index (χ0n) is 34.8. The van der Waals surface area contributed by atoms with Crippen LogP contribution in [0.15, 0.2) is 241 Å². The summed E-state index contributed by atoms with van der Waals surface area (Å²) in [6, 6.07) is 86.5. The standard InChI is InChI=1S/C61H39NOS/c1-4-16-40(17-5-1)42-30-36-55-50(38-42)60-54(27-15-28-56(60)63-55)62(46-35-37-57-51(39-46)59-47(24-14-29-58(59)64-57)41-18-6-2-7-19-41)45-33-31-44(32-34-45)61(43-20-8-3-9-21-43)52-25-12-10-22-48(52)49-23-11-13-26-53(49)61/h1-39H. The molecule has 3 heteroatoms. The molecule has 12 aromatic rings. The Morgan fingerprint density at radius 3 is 1.70 bits per heavy atom. The van der Waals surface area contributed by atoms with Crippen LogP contribution in [0.4, 0.5) is 17.1 Å². The molecule has 2 heterocycles. The van der Waals surface area contributed by atoms with Crippen LogP contribution in [0.3, 0.4) is 0 Å². The van der Waals surface area contributed by atoms with Crippen LogP contribution in [-0.4, -0.2) is 0 Å². The van der Waals surface area contributed by atoms with Crippen LogP contribution in [0, 0.1) is 0 Å². The van der Waals surface area contributed by atoms with Crippen LogP contribution in [0.1, 0.15) is 22.3 Å². The second kappa shape index (κ2) is 14.6. The van der Waals surface area contributed by atoms with Crippen molar-refractivity contribution in [3.8, 4) is 33.4 Å². The molecule has 300 valence electrons. The maximum atomic E-state index is 6.68. The summed E-state index contributed by atoms with van der Waals surface area (Å²) >= 11 is 1.86. The number of thiophene rings is 1. The zero-order chi connectivity index (χ0) is 42.2. The van der Waals surface area contributed by atoms with Gasteiger partial charge in [-0.05, 0) is 116 Å². The molecule has 0 atom stereocenters. The maximum absolute atomic E-state index is 6.68. The molecule has 0 spiro atoms. The summed E-state index contributed by atoms with van der Waals surface area (Å²) in [6.07, 6.45) is 0. The Hall–Kier alpha value is -7.98. The van der Waals surface area contributed by atoms with Crippen molar-refractivity contribution in [1.29, 1.82) is 0 Å². The number of anilines is 3. The smallest absolute Gasteiger partial charge is 0.137 e. The second-order valence-corrected chi connectivity index (χ2v) is 17.8. The summed E-state index contributed by atoms with van der Waals surface area (Å²) in [5, 5.41) is 4.70. The van der Waals surface area contributed by atoms with Gasteiger partial charge >= 0.3 is 0 Å². The van der Waals surface area contributed by atoms with Crippen molar-refractivity contribution in [2.24, 2.45) is 0 Å². The van der Waals surface area contributed by atoms with E-state index in [0.29, 0.717) is 0 Å². The first kappa shape index (κ1) is 36.7. The lowest BCUT2D eigenvalue weighted by atomic mass is 9.68. The molecule has 0 fully saturated rings. The van der Waals surface area contributed by atoms with E-state index in [1.54, 1.807) is 0 Å². The van der Waals surface area contributed by atoms with Crippen molar-refractivity contribution < 1.29 is 4.42 Å². The lowest BCUT2D eigenvalue weighted by Gasteiger charge is -2.34. The van der Waals surface area contributed by atoms with Gasteiger partial charge in [-0.1, -0.05) is 176 Å². The zero-order valence-corrected chi connectivity index (χ0v) is 35.6. The molecule has 0 aliphatic heterocycles. The number of benzene rings is 10. The SMILES string of the molecule is c1ccc(-c2ccc3oc4cccc(N(c5ccc(C6(c7ccccc7)c7ccccc7-c7ccccc76)cc5)c5ccc6sc7cccc(-c8ccccc8)c7c6c5)c4c3c2)cc1. The normalized spacial score (nSPS) is 12.8. The van der Waals surface area contributed by atoms with Crippen LogP contribution in [0.2, 0.25) is 0 Å². The molecular formula is C61H39NOS. The summed E-state index contributed by atoms with van der Waals surface area (Å²) in [4.78, 5) is 2.44. The van der Waals surface area contributed by atoms with E-state index in [4.69, 9.17) is 4.42 Å². The predicted molar refractivity (Wildman–Crippen MR) is 269 cm³/mol. The van der Waals surface area contributed by atoms with Gasteiger partial charge in [0.1, 0.15) is 11.2 Å². The fraction of sp³-hybridized carbons (Fsp3) is 0.0164. The lowest BCUT2D eigenvalue weighted by Crippen LogP contribution is -2.28. The molecule has 2 nitrogen and oxygen atoms in total. The van der Waals surface area contributed by atoms with Crippen molar-refractivity contribution in [1.82, 2.24) is 0 Å². The van der Waals surface area contributed by atoms with E-state index in [1.165, 1.54) is 70.2 Å². The summed E-state index contributed by atoms with van der Waals surface area (Å²) in [7, 11) is 0. The van der Waals surface area contributed by atoms with Gasteiger partial charge < -0.3 is 9.32 Å². The monoisotopic (exact) mass is 833 g/mol. The van der Waals surface area contributed by atoms with Crippen molar-refractivity contribution >= 4 is 70.5 Å². The molecule has 1 aliphatic carbocycles. The molecule has 1 aliphatic rings. The third-order valence-electron chi connectivity index (χ3n) is 13.4. The number of nitrogens with zero attached hydrogens (tertiary/aromatic N) is 1. The summed E-state index contributed by atoms with van der Waals surface area (Å²) in [6.45, 7) is 0. The molecule has 0 N–H and O–H groups in total. The van der Waals surface area contributed by atoms with Crippen molar-refractivity contribution in [3.63, 3.8) is 0 Å². The Morgan fingerprint density at radius 2 is 0.969 bits per heavy atom. The van der Waals surface area contributed by atoms with Gasteiger partial charge in [-0.15, -0.1) is 11.3 Å². The van der Waals surface area contributed by atoms with Gasteiger partial charge in [-0.25, -0.2) is 0 Å². The molecule has 0 saturated carbocycles. The van der Waals surface area contributed by atoms with Crippen LogP contribution in [0.5, 0.6) is 0 Å². The van der Waals surface area contributed by atoms with Crippen LogP contribution >= 0.6 is 11.3 Å². The van der Waals surface area contributed by atoms with Crippen molar-refractivity contribution in [2.45, 2.75) is 5.41 Å². The summed E-state index contributed by atoms with van der Waals surface area (Å²) in [5.74, 6) is 0. The van der Waals surface area contributed by atoms with E-state index in [1.807, 2.05) is 11.3 Å². The van der Waals surface area contributed by atoms with Gasteiger partial charge in [0, 0.05) is 36.9 Å². The third-order valence-corrected chi connectivity index (χ3v) is 14.5. The fourth-order valence-corrected chi connectivity index (χ4v) is 11.7. The number of rotatable bonds is 7. The quantitative estimate of drug-likeness (QED) is 0.159. The highest BCUT2D eigenvalue weighted by Crippen LogP contribution is 2.56. The molecule has 0 unspecified atom stereocenters. The largest absolute Gasteiger partial charge is 0.456 e. The Labute approximate surface area is 375 Å². The van der Waals surface area contributed by atoms with Gasteiger partial charge in [-0.2, -0.15) is 0 Å². The van der Waals surface area contributed by atoms with E-state index in [2.05, 4.69) is 241 Å². The Balaban J connectivity index is 1.06. The van der Waals surface area contributed by atoms with E-state index < -0.39 is 5.41 Å². The molecular weight excluding hydrogens is 795 g/mol. The maximum Gasteiger partial charge on any atom is 0.137 e. The minimum Gasteiger partial charge on any atom is -0.456 e. The van der Waals surface area contributed by atoms with E-state index in [0.717, 1.165) is 44.6 Å². The van der Waals surface area contributed by atoms with E-state index >= 15 is 0 Å². The van der Waals surface area contributed by atoms with E-state index in [9.17, 15) is 0 Å². The topological polar surface area (TPSA) is 16.4 Å². The fourth-order valence-electron chi connectivity index (χ4n) is 10.6. The summed E-state index contributed by atoms with van der Waals surface area (Å²) < 4.78 is 9.22. The lowest BCUT2D eigenvalue weighted by molar-refractivity contribution is 0.669. The average Bonchev–Trinajstić information content (AvgIpc) is 4.04. The highest BCUT2D eigenvalue weighted by molar-refractivity contribution is 7.26. The molecule has 0 saturated heterocycles. The molecule has 2 aromatic heterocycles. The van der Waals surface area contributed by atoms with Gasteiger partial charge in [0.25, 0.3) is 0 Å². The minimum absolute atomic E-state index is 0.491. The average molecular weight is 834 g/mol. The van der Waals surface area contributed by atoms with Crippen molar-refractivity contribution in [3.05, 3.63) is 259 Å². The number of hydrogen-bond donors (Lipinski definition) is 0. The van der Waals surface area contributed by atoms with Gasteiger partial charge in [0.05, 0.1) is 16.5 Å². The Morgan fingerprint density at radius 1 is 0.359 bits per heavy atom. The summed E-state index contributed by atoms with van der Waals surface area (Å²) in [5.41, 5.74) is 16.9. The number of hydrogen-bond acceptors (Lipinski definition) is 3. The Bertz CT molecular complexity index is 3670. The first-order valence-corrected chi connectivity index (χ1v) is 22.7. The first-order chi connectivity index (χ1) is 31.7. The van der Waals surface area contributed by atoms with Crippen LogP contribution < -0.4 is 4.90 Å². The van der Waals surface area contributed by atoms with Gasteiger partial charge in [0.2, 0.25) is 0 Å². The second-order valence-electron chi connectivity index (χ2n) is 16.7. The minimum atomic E-state index is -0.491. The molecule has 0 radical (unpaired) electrons. The highest BCUT2D eigenvalue weighted by atomic mass is 32.1. The van der Waals surface area contributed by atoms with Crippen molar-refractivity contribution in [2.75, 3.05) is 4.90 Å². The number of furan rings is 1. The number of fused-ring (bicyclic) bond motifs is 9. The van der Waals surface area contributed by atoms with Crippen LogP contribution in [-0.2, 0) is 5.41 Å². The first-order valence-electron chi connectivity index (χ1n) is 21.9. The molecule has 13 rings (SSSR count). The van der Waals surface area contributed by atoms with E-state index in [-0.39, 0.29) is 0 Å². The molecule has 0 bridgehead atoms. The van der Waals surface area contributed by atoms with Gasteiger partial charge in [0.15, 0.2) is 0 Å². The Kier molecular flexibility index (Phi) is 8.34. The van der Waals surface area contributed by atoms with Gasteiger partial charge in [-0.3, -0.25) is 0 Å². The predicted octanol–water partition coefficient (Wildman–Crippen LogP) is 17.1.